The fourth-order valence-electron chi connectivity index (χ4n) is 2.76. The van der Waals surface area contributed by atoms with Gasteiger partial charge in [-0.25, -0.2) is 4.98 Å². The highest BCUT2D eigenvalue weighted by Gasteiger charge is 2.15. The second-order valence-corrected chi connectivity index (χ2v) is 8.20. The van der Waals surface area contributed by atoms with Gasteiger partial charge < -0.3 is 0 Å². The Morgan fingerprint density at radius 1 is 1.00 bits per heavy atom. The molecule has 138 valence electrons. The lowest BCUT2D eigenvalue weighted by molar-refractivity contribution is 0.829. The first-order chi connectivity index (χ1) is 13.5. The molecule has 0 fully saturated rings. The monoisotopic (exact) mass is 515 g/mol. The molecule has 3 aromatic carbocycles. The molecule has 4 aromatic rings. The van der Waals surface area contributed by atoms with Gasteiger partial charge >= 0.3 is 0 Å². The minimum atomic E-state index is -0.254. The SMILES string of the molecule is O=c1c2cc(Br)cc(Br)c2nc(-c2ccccc2)n1/N=C/c1ccc(Cl)cc1. The molecule has 1 heterocycles. The normalized spacial score (nSPS) is 11.4. The molecular formula is C21H12Br2ClN3O. The molecule has 1 aromatic heterocycles. The van der Waals surface area contributed by atoms with Gasteiger partial charge in [0, 0.05) is 19.5 Å². The molecule has 7 heteroatoms. The van der Waals surface area contributed by atoms with Gasteiger partial charge in [-0.1, -0.05) is 70.0 Å². The number of fused-ring (bicyclic) bond motifs is 1. The van der Waals surface area contributed by atoms with Crippen LogP contribution in [0.5, 0.6) is 0 Å². The molecule has 0 aliphatic carbocycles. The van der Waals surface area contributed by atoms with Crippen LogP contribution in [0.1, 0.15) is 5.56 Å². The predicted molar refractivity (Wildman–Crippen MR) is 121 cm³/mol. The molecule has 0 aliphatic heterocycles. The van der Waals surface area contributed by atoms with E-state index in [4.69, 9.17) is 16.6 Å². The van der Waals surface area contributed by atoms with Crippen LogP contribution < -0.4 is 5.56 Å². The fourth-order valence-corrected chi connectivity index (χ4v) is 4.20. The summed E-state index contributed by atoms with van der Waals surface area (Å²) >= 11 is 12.9. The molecule has 0 amide bonds. The molecular weight excluding hydrogens is 506 g/mol. The summed E-state index contributed by atoms with van der Waals surface area (Å²) < 4.78 is 2.84. The van der Waals surface area contributed by atoms with Crippen molar-refractivity contribution < 1.29 is 0 Å². The van der Waals surface area contributed by atoms with Crippen molar-refractivity contribution in [3.8, 4) is 11.4 Å². The van der Waals surface area contributed by atoms with E-state index < -0.39 is 0 Å². The van der Waals surface area contributed by atoms with E-state index in [0.29, 0.717) is 21.7 Å². The first kappa shape index (κ1) is 19.1. The fraction of sp³-hybridized carbons (Fsp3) is 0. The van der Waals surface area contributed by atoms with Crippen molar-refractivity contribution >= 4 is 60.6 Å². The summed E-state index contributed by atoms with van der Waals surface area (Å²) in [6.45, 7) is 0. The van der Waals surface area contributed by atoms with Crippen LogP contribution in [-0.4, -0.2) is 15.9 Å². The van der Waals surface area contributed by atoms with Gasteiger partial charge in [-0.3, -0.25) is 4.79 Å². The lowest BCUT2D eigenvalue weighted by Crippen LogP contribution is -2.20. The van der Waals surface area contributed by atoms with Crippen LogP contribution in [0.25, 0.3) is 22.3 Å². The number of hydrogen-bond acceptors (Lipinski definition) is 3. The first-order valence-corrected chi connectivity index (χ1v) is 10.3. The van der Waals surface area contributed by atoms with Crippen LogP contribution in [-0.2, 0) is 0 Å². The zero-order valence-electron chi connectivity index (χ0n) is 14.3. The maximum absolute atomic E-state index is 13.2. The van der Waals surface area contributed by atoms with E-state index in [1.54, 1.807) is 24.4 Å². The number of benzene rings is 3. The quantitative estimate of drug-likeness (QED) is 0.307. The Hall–Kier alpha value is -2.28. The summed E-state index contributed by atoms with van der Waals surface area (Å²) in [5, 5.41) is 5.54. The van der Waals surface area contributed by atoms with Crippen molar-refractivity contribution in [2.45, 2.75) is 0 Å². The molecule has 28 heavy (non-hydrogen) atoms. The van der Waals surface area contributed by atoms with Crippen molar-refractivity contribution in [2.24, 2.45) is 5.10 Å². The van der Waals surface area contributed by atoms with E-state index in [1.165, 1.54) is 4.68 Å². The van der Waals surface area contributed by atoms with E-state index >= 15 is 0 Å². The second kappa shape index (κ2) is 7.99. The van der Waals surface area contributed by atoms with E-state index in [2.05, 4.69) is 37.0 Å². The third kappa shape index (κ3) is 3.81. The summed E-state index contributed by atoms with van der Waals surface area (Å²) in [6, 6.07) is 20.3. The van der Waals surface area contributed by atoms with Crippen LogP contribution in [0.15, 0.2) is 85.6 Å². The topological polar surface area (TPSA) is 47.2 Å². The molecule has 4 nitrogen and oxygen atoms in total. The zero-order valence-corrected chi connectivity index (χ0v) is 18.2. The Kier molecular flexibility index (Phi) is 5.44. The van der Waals surface area contributed by atoms with Crippen LogP contribution in [0.4, 0.5) is 0 Å². The number of hydrogen-bond donors (Lipinski definition) is 0. The van der Waals surface area contributed by atoms with Crippen molar-refractivity contribution in [1.82, 2.24) is 9.66 Å². The molecule has 0 unspecified atom stereocenters. The minimum Gasteiger partial charge on any atom is -0.267 e. The van der Waals surface area contributed by atoms with E-state index in [1.807, 2.05) is 48.5 Å². The molecule has 0 saturated carbocycles. The standard InChI is InChI=1S/C21H12Br2ClN3O/c22-15-10-17-19(18(23)11-15)26-20(14-4-2-1-3-5-14)27(21(17)28)25-12-13-6-8-16(24)9-7-13/h1-12H/b25-12+. The Balaban J connectivity index is 1.98. The third-order valence-corrected chi connectivity index (χ3v) is 5.41. The van der Waals surface area contributed by atoms with Gasteiger partial charge in [-0.05, 0) is 45.8 Å². The summed E-state index contributed by atoms with van der Waals surface area (Å²) in [5.41, 5.74) is 1.96. The Labute approximate surface area is 182 Å². The maximum atomic E-state index is 13.2. The van der Waals surface area contributed by atoms with E-state index in [-0.39, 0.29) is 5.56 Å². The average Bonchev–Trinajstić information content (AvgIpc) is 2.69. The van der Waals surface area contributed by atoms with Crippen molar-refractivity contribution in [2.75, 3.05) is 0 Å². The number of halogens is 3. The molecule has 0 spiro atoms. The summed E-state index contributed by atoms with van der Waals surface area (Å²) in [5.74, 6) is 0.464. The molecule has 0 radical (unpaired) electrons. The molecule has 0 atom stereocenters. The molecule has 4 rings (SSSR count). The Morgan fingerprint density at radius 3 is 2.43 bits per heavy atom. The highest BCUT2D eigenvalue weighted by molar-refractivity contribution is 9.11. The molecule has 0 N–H and O–H groups in total. The van der Waals surface area contributed by atoms with Gasteiger partial charge in [0.15, 0.2) is 5.82 Å². The minimum absolute atomic E-state index is 0.254. The van der Waals surface area contributed by atoms with Gasteiger partial charge in [0.1, 0.15) is 0 Å². The first-order valence-electron chi connectivity index (χ1n) is 8.30. The lowest BCUT2D eigenvalue weighted by atomic mass is 10.2. The second-order valence-electron chi connectivity index (χ2n) is 6.00. The van der Waals surface area contributed by atoms with Crippen molar-refractivity contribution in [1.29, 1.82) is 0 Å². The number of nitrogens with zero attached hydrogens (tertiary/aromatic N) is 3. The van der Waals surface area contributed by atoms with Crippen LogP contribution in [0.3, 0.4) is 0 Å². The zero-order chi connectivity index (χ0) is 19.7. The Bertz CT molecular complexity index is 1250. The largest absolute Gasteiger partial charge is 0.282 e. The predicted octanol–water partition coefficient (Wildman–Crippen LogP) is 6.12. The third-order valence-electron chi connectivity index (χ3n) is 4.09. The van der Waals surface area contributed by atoms with Crippen LogP contribution in [0.2, 0.25) is 5.02 Å². The smallest absolute Gasteiger partial charge is 0.267 e. The van der Waals surface area contributed by atoms with Gasteiger partial charge in [-0.2, -0.15) is 9.78 Å². The highest BCUT2D eigenvalue weighted by atomic mass is 79.9. The van der Waals surface area contributed by atoms with E-state index in [9.17, 15) is 4.79 Å². The van der Waals surface area contributed by atoms with Gasteiger partial charge in [0.25, 0.3) is 5.56 Å². The van der Waals surface area contributed by atoms with Gasteiger partial charge in [0.2, 0.25) is 0 Å². The van der Waals surface area contributed by atoms with Crippen molar-refractivity contribution in [3.63, 3.8) is 0 Å². The molecule has 0 bridgehead atoms. The van der Waals surface area contributed by atoms with Gasteiger partial charge in [-0.15, -0.1) is 0 Å². The van der Waals surface area contributed by atoms with E-state index in [0.717, 1.165) is 20.1 Å². The van der Waals surface area contributed by atoms with Crippen LogP contribution in [0, 0.1) is 0 Å². The number of rotatable bonds is 3. The molecule has 0 aliphatic rings. The Morgan fingerprint density at radius 2 is 1.71 bits per heavy atom. The van der Waals surface area contributed by atoms with Crippen LogP contribution >= 0.6 is 43.5 Å². The summed E-state index contributed by atoms with van der Waals surface area (Å²) in [7, 11) is 0. The van der Waals surface area contributed by atoms with Gasteiger partial charge in [0.05, 0.1) is 17.1 Å². The average molecular weight is 518 g/mol. The lowest BCUT2D eigenvalue weighted by Gasteiger charge is -2.10. The summed E-state index contributed by atoms with van der Waals surface area (Å²) in [4.78, 5) is 18.0. The maximum Gasteiger partial charge on any atom is 0.282 e. The highest BCUT2D eigenvalue weighted by Crippen LogP contribution is 2.27. The number of aromatic nitrogens is 2. The summed E-state index contributed by atoms with van der Waals surface area (Å²) in [6.07, 6.45) is 1.62. The van der Waals surface area contributed by atoms with Crippen molar-refractivity contribution in [3.05, 3.63) is 96.6 Å². The molecule has 0 saturated heterocycles.